The zero-order valence-corrected chi connectivity index (χ0v) is 20.5. The molecule has 0 bridgehead atoms. The molecule has 0 spiro atoms. The van der Waals surface area contributed by atoms with Crippen LogP contribution in [0, 0.1) is 0 Å². The summed E-state index contributed by atoms with van der Waals surface area (Å²) >= 11 is 0. The number of hydrogen-bond acceptors (Lipinski definition) is 2. The van der Waals surface area contributed by atoms with E-state index in [4.69, 9.17) is 0 Å². The van der Waals surface area contributed by atoms with Crippen molar-refractivity contribution in [2.75, 3.05) is 19.8 Å². The summed E-state index contributed by atoms with van der Waals surface area (Å²) in [6, 6.07) is 0. The molecule has 0 aromatic rings. The molecule has 1 rings (SSSR count). The SMILES string of the molecule is CCCCCCCCCCCCCCCCCC(C)(C)NCN1CCCC1.Cl. The first-order chi connectivity index (χ1) is 13.1. The largest absolute Gasteiger partial charge is 0.299 e. The van der Waals surface area contributed by atoms with Gasteiger partial charge in [0.25, 0.3) is 0 Å². The molecule has 0 unspecified atom stereocenters. The summed E-state index contributed by atoms with van der Waals surface area (Å²) in [6.07, 6.45) is 25.9. The van der Waals surface area contributed by atoms with E-state index in [0.29, 0.717) is 5.54 Å². The van der Waals surface area contributed by atoms with Crippen molar-refractivity contribution in [3.05, 3.63) is 0 Å². The zero-order valence-electron chi connectivity index (χ0n) is 19.7. The molecule has 0 aromatic heterocycles. The average molecular weight is 417 g/mol. The van der Waals surface area contributed by atoms with Gasteiger partial charge in [-0.3, -0.25) is 10.2 Å². The van der Waals surface area contributed by atoms with Crippen LogP contribution >= 0.6 is 12.4 Å². The molecule has 1 saturated heterocycles. The fraction of sp³-hybridized carbons (Fsp3) is 1.00. The minimum atomic E-state index is 0. The van der Waals surface area contributed by atoms with Crippen LogP contribution in [0.5, 0.6) is 0 Å². The van der Waals surface area contributed by atoms with Crippen molar-refractivity contribution >= 4 is 12.4 Å². The molecule has 0 saturated carbocycles. The van der Waals surface area contributed by atoms with Crippen LogP contribution in [0.25, 0.3) is 0 Å². The highest BCUT2D eigenvalue weighted by Crippen LogP contribution is 2.17. The lowest BCUT2D eigenvalue weighted by Gasteiger charge is -2.29. The second-order valence-corrected chi connectivity index (χ2v) is 9.74. The van der Waals surface area contributed by atoms with Gasteiger partial charge in [0.15, 0.2) is 0 Å². The third-order valence-corrected chi connectivity index (χ3v) is 6.39. The Labute approximate surface area is 184 Å². The highest BCUT2D eigenvalue weighted by atomic mass is 35.5. The fourth-order valence-electron chi connectivity index (χ4n) is 4.29. The first-order valence-electron chi connectivity index (χ1n) is 12.6. The van der Waals surface area contributed by atoms with E-state index in [9.17, 15) is 0 Å². The molecule has 0 radical (unpaired) electrons. The molecule has 1 aliphatic rings. The van der Waals surface area contributed by atoms with Crippen LogP contribution in [0.2, 0.25) is 0 Å². The van der Waals surface area contributed by atoms with Crippen molar-refractivity contribution in [1.29, 1.82) is 0 Å². The van der Waals surface area contributed by atoms with Crippen LogP contribution in [0.4, 0.5) is 0 Å². The maximum absolute atomic E-state index is 3.78. The van der Waals surface area contributed by atoms with Crippen LogP contribution in [-0.2, 0) is 0 Å². The molecule has 1 heterocycles. The van der Waals surface area contributed by atoms with E-state index < -0.39 is 0 Å². The number of nitrogens with zero attached hydrogens (tertiary/aromatic N) is 1. The molecule has 0 atom stereocenters. The number of unbranched alkanes of at least 4 members (excludes halogenated alkanes) is 14. The topological polar surface area (TPSA) is 15.3 Å². The Balaban J connectivity index is 0.00000729. The molecule has 0 aromatic carbocycles. The lowest BCUT2D eigenvalue weighted by atomic mass is 9.96. The van der Waals surface area contributed by atoms with Crippen molar-refractivity contribution in [1.82, 2.24) is 10.2 Å². The molecule has 1 aliphatic heterocycles. The predicted molar refractivity (Wildman–Crippen MR) is 130 cm³/mol. The summed E-state index contributed by atoms with van der Waals surface area (Å²) in [5.74, 6) is 0. The fourth-order valence-corrected chi connectivity index (χ4v) is 4.29. The lowest BCUT2D eigenvalue weighted by molar-refractivity contribution is 0.242. The zero-order chi connectivity index (χ0) is 19.6. The van der Waals surface area contributed by atoms with Crippen LogP contribution < -0.4 is 5.32 Å². The number of likely N-dealkylation sites (tertiary alicyclic amines) is 1. The van der Waals surface area contributed by atoms with E-state index in [2.05, 4.69) is 31.0 Å². The second kappa shape index (κ2) is 19.2. The van der Waals surface area contributed by atoms with Crippen LogP contribution in [-0.4, -0.2) is 30.2 Å². The minimum absolute atomic E-state index is 0. The Morgan fingerprint density at radius 3 is 1.46 bits per heavy atom. The van der Waals surface area contributed by atoms with Gasteiger partial charge in [-0.05, 0) is 46.2 Å². The third kappa shape index (κ3) is 17.1. The Kier molecular flexibility index (Phi) is 19.3. The summed E-state index contributed by atoms with van der Waals surface area (Å²) in [7, 11) is 0. The van der Waals surface area contributed by atoms with Gasteiger partial charge in [-0.15, -0.1) is 12.4 Å². The van der Waals surface area contributed by atoms with E-state index >= 15 is 0 Å². The quantitative estimate of drug-likeness (QED) is 0.214. The number of halogens is 1. The maximum atomic E-state index is 3.78. The van der Waals surface area contributed by atoms with E-state index in [1.165, 1.54) is 129 Å². The Morgan fingerprint density at radius 2 is 1.04 bits per heavy atom. The average Bonchev–Trinajstić information content (AvgIpc) is 3.17. The third-order valence-electron chi connectivity index (χ3n) is 6.39. The monoisotopic (exact) mass is 416 g/mol. The van der Waals surface area contributed by atoms with Crippen molar-refractivity contribution in [2.24, 2.45) is 0 Å². The predicted octanol–water partition coefficient (Wildman–Crippen LogP) is 8.09. The number of rotatable bonds is 19. The van der Waals surface area contributed by atoms with E-state index in [-0.39, 0.29) is 12.4 Å². The molecule has 1 fully saturated rings. The molecule has 1 N–H and O–H groups in total. The van der Waals surface area contributed by atoms with E-state index in [1.54, 1.807) is 0 Å². The summed E-state index contributed by atoms with van der Waals surface area (Å²) in [6.45, 7) is 10.7. The van der Waals surface area contributed by atoms with Gasteiger partial charge in [0.1, 0.15) is 0 Å². The van der Waals surface area contributed by atoms with Crippen molar-refractivity contribution in [3.63, 3.8) is 0 Å². The molecule has 2 nitrogen and oxygen atoms in total. The molecule has 0 aliphatic carbocycles. The number of hydrogen-bond donors (Lipinski definition) is 1. The summed E-state index contributed by atoms with van der Waals surface area (Å²) in [5.41, 5.74) is 0.305. The minimum Gasteiger partial charge on any atom is -0.299 e. The first kappa shape index (κ1) is 28.2. The van der Waals surface area contributed by atoms with Crippen molar-refractivity contribution in [2.45, 2.75) is 142 Å². The molecule has 28 heavy (non-hydrogen) atoms. The van der Waals surface area contributed by atoms with Gasteiger partial charge < -0.3 is 0 Å². The maximum Gasteiger partial charge on any atom is 0.0484 e. The smallest absolute Gasteiger partial charge is 0.0484 e. The number of nitrogens with one attached hydrogen (secondary N) is 1. The summed E-state index contributed by atoms with van der Waals surface area (Å²) < 4.78 is 0. The standard InChI is InChI=1S/C25H52N2.ClH/c1-4-5-6-7-8-9-10-11-12-13-14-15-16-17-18-21-25(2,3)26-24-27-22-19-20-23-27;/h26H,4-24H2,1-3H3;1H. The van der Waals surface area contributed by atoms with Crippen molar-refractivity contribution in [3.8, 4) is 0 Å². The lowest BCUT2D eigenvalue weighted by Crippen LogP contribution is -2.45. The molecular formula is C25H53ClN2. The van der Waals surface area contributed by atoms with E-state index in [1.807, 2.05) is 0 Å². The highest BCUT2D eigenvalue weighted by Gasteiger charge is 2.19. The highest BCUT2D eigenvalue weighted by molar-refractivity contribution is 5.85. The summed E-state index contributed by atoms with van der Waals surface area (Å²) in [5, 5.41) is 3.78. The Hall–Kier alpha value is 0.210. The van der Waals surface area contributed by atoms with Gasteiger partial charge in [0.2, 0.25) is 0 Å². The Bertz CT molecular complexity index is 314. The van der Waals surface area contributed by atoms with E-state index in [0.717, 1.165) is 6.67 Å². The summed E-state index contributed by atoms with van der Waals surface area (Å²) in [4.78, 5) is 2.56. The van der Waals surface area contributed by atoms with Crippen molar-refractivity contribution < 1.29 is 0 Å². The molecule has 0 amide bonds. The van der Waals surface area contributed by atoms with Crippen LogP contribution in [0.15, 0.2) is 0 Å². The van der Waals surface area contributed by atoms with Crippen LogP contribution in [0.1, 0.15) is 136 Å². The second-order valence-electron chi connectivity index (χ2n) is 9.74. The van der Waals surface area contributed by atoms with Gasteiger partial charge in [0, 0.05) is 12.2 Å². The molecule has 170 valence electrons. The molecular weight excluding hydrogens is 364 g/mol. The van der Waals surface area contributed by atoms with Gasteiger partial charge >= 0.3 is 0 Å². The normalized spacial score (nSPS) is 15.1. The van der Waals surface area contributed by atoms with Gasteiger partial charge in [-0.1, -0.05) is 103 Å². The van der Waals surface area contributed by atoms with Gasteiger partial charge in [-0.25, -0.2) is 0 Å². The van der Waals surface area contributed by atoms with Crippen LogP contribution in [0.3, 0.4) is 0 Å². The molecule has 3 heteroatoms. The van der Waals surface area contributed by atoms with Gasteiger partial charge in [-0.2, -0.15) is 0 Å². The first-order valence-corrected chi connectivity index (χ1v) is 12.6. The Morgan fingerprint density at radius 1 is 0.643 bits per heavy atom. The van der Waals surface area contributed by atoms with Gasteiger partial charge in [0.05, 0.1) is 0 Å².